The van der Waals surface area contributed by atoms with Crippen molar-refractivity contribution >= 4 is 34.8 Å². The van der Waals surface area contributed by atoms with Crippen LogP contribution in [0.15, 0.2) is 53.9 Å². The van der Waals surface area contributed by atoms with E-state index < -0.39 is 23.2 Å². The average Bonchev–Trinajstić information content (AvgIpc) is 3.34. The highest BCUT2D eigenvalue weighted by Gasteiger charge is 2.49. The van der Waals surface area contributed by atoms with Crippen molar-refractivity contribution in [2.75, 3.05) is 0 Å². The predicted octanol–water partition coefficient (Wildman–Crippen LogP) is 5.04. The number of carboxylic acids is 1. The summed E-state index contributed by atoms with van der Waals surface area (Å²) in [6.45, 7) is 0. The van der Waals surface area contributed by atoms with Gasteiger partial charge in [0.2, 0.25) is 5.91 Å². The number of carbonyl (C=O) groups excluding carboxylic acids is 1. The Morgan fingerprint density at radius 2 is 1.97 bits per heavy atom. The van der Waals surface area contributed by atoms with Crippen molar-refractivity contribution in [3.63, 3.8) is 0 Å². The molecule has 1 saturated carbocycles. The van der Waals surface area contributed by atoms with Crippen molar-refractivity contribution in [2.24, 2.45) is 5.92 Å². The largest absolute Gasteiger partial charge is 0.481 e. The van der Waals surface area contributed by atoms with E-state index >= 15 is 0 Å². The summed E-state index contributed by atoms with van der Waals surface area (Å²) < 4.78 is 13.6. The Hall–Kier alpha value is -2.77. The number of aliphatic carboxylic acids is 1. The molecule has 3 aromatic rings. The number of nitrogens with zero attached hydrogens (tertiary/aromatic N) is 1. The van der Waals surface area contributed by atoms with Gasteiger partial charge in [-0.1, -0.05) is 41.9 Å². The van der Waals surface area contributed by atoms with Gasteiger partial charge in [-0.05, 0) is 43.0 Å². The Labute approximate surface area is 187 Å². The lowest BCUT2D eigenvalue weighted by molar-refractivity contribution is -0.141. The second-order valence-electron chi connectivity index (χ2n) is 7.72. The average molecular weight is 459 g/mol. The molecule has 0 aliphatic heterocycles. The Balaban J connectivity index is 1.52. The van der Waals surface area contributed by atoms with Crippen LogP contribution in [0.25, 0.3) is 11.3 Å². The topological polar surface area (TPSA) is 79.3 Å². The lowest BCUT2D eigenvalue weighted by Crippen LogP contribution is -2.40. The van der Waals surface area contributed by atoms with Crippen LogP contribution in [0, 0.1) is 11.7 Å². The Bertz CT molecular complexity index is 1120. The van der Waals surface area contributed by atoms with E-state index in [1.807, 2.05) is 30.3 Å². The third-order valence-corrected chi connectivity index (χ3v) is 6.72. The lowest BCUT2D eigenvalue weighted by atomic mass is 9.95. The summed E-state index contributed by atoms with van der Waals surface area (Å²) >= 11 is 7.57. The van der Waals surface area contributed by atoms with Crippen LogP contribution in [-0.4, -0.2) is 22.0 Å². The molecule has 2 N–H and O–H groups in total. The van der Waals surface area contributed by atoms with Crippen LogP contribution in [0.2, 0.25) is 5.02 Å². The van der Waals surface area contributed by atoms with E-state index in [9.17, 15) is 19.1 Å². The summed E-state index contributed by atoms with van der Waals surface area (Å²) in [7, 11) is 0. The highest BCUT2D eigenvalue weighted by atomic mass is 35.5. The second kappa shape index (κ2) is 8.77. The first-order valence-corrected chi connectivity index (χ1v) is 11.1. The number of rotatable bonds is 8. The molecule has 8 heteroatoms. The smallest absolute Gasteiger partial charge is 0.304 e. The van der Waals surface area contributed by atoms with E-state index in [1.165, 1.54) is 29.5 Å². The predicted molar refractivity (Wildman–Crippen MR) is 117 cm³/mol. The first kappa shape index (κ1) is 21.5. The molecule has 0 spiro atoms. The molecule has 0 saturated heterocycles. The van der Waals surface area contributed by atoms with Crippen LogP contribution in [-0.2, 0) is 21.5 Å². The van der Waals surface area contributed by atoms with E-state index in [4.69, 9.17) is 11.6 Å². The summed E-state index contributed by atoms with van der Waals surface area (Å²) in [6.07, 6.45) is 1.53. The maximum atomic E-state index is 13.6. The van der Waals surface area contributed by atoms with Crippen LogP contribution < -0.4 is 5.32 Å². The minimum Gasteiger partial charge on any atom is -0.481 e. The fourth-order valence-electron chi connectivity index (χ4n) is 3.53. The molecular formula is C23H20ClFN2O3S. The van der Waals surface area contributed by atoms with E-state index in [0.717, 1.165) is 5.56 Å². The molecule has 4 rings (SSSR count). The van der Waals surface area contributed by atoms with Gasteiger partial charge in [-0.3, -0.25) is 9.59 Å². The number of benzene rings is 2. The van der Waals surface area contributed by atoms with E-state index in [0.29, 0.717) is 40.6 Å². The van der Waals surface area contributed by atoms with E-state index in [1.54, 1.807) is 5.38 Å². The van der Waals surface area contributed by atoms with E-state index in [-0.39, 0.29) is 12.3 Å². The third kappa shape index (κ3) is 4.94. The molecular weight excluding hydrogens is 439 g/mol. The number of carboxylic acid groups (broad SMARTS) is 1. The Morgan fingerprint density at radius 3 is 2.65 bits per heavy atom. The summed E-state index contributed by atoms with van der Waals surface area (Å²) in [5, 5.41) is 15.2. The second-order valence-corrected chi connectivity index (χ2v) is 8.98. The number of thiazole rings is 1. The van der Waals surface area contributed by atoms with Gasteiger partial charge < -0.3 is 10.4 Å². The highest BCUT2D eigenvalue weighted by Crippen LogP contribution is 2.48. The maximum absolute atomic E-state index is 13.6. The molecule has 2 aromatic carbocycles. The van der Waals surface area contributed by atoms with E-state index in [2.05, 4.69) is 10.3 Å². The number of halogens is 2. The van der Waals surface area contributed by atoms with Crippen molar-refractivity contribution in [3.8, 4) is 11.3 Å². The molecule has 1 atom stereocenters. The minimum atomic E-state index is -1.02. The van der Waals surface area contributed by atoms with Gasteiger partial charge in [0.05, 0.1) is 28.6 Å². The van der Waals surface area contributed by atoms with Crippen molar-refractivity contribution in [2.45, 2.75) is 31.2 Å². The van der Waals surface area contributed by atoms with Crippen LogP contribution in [0.3, 0.4) is 0 Å². The van der Waals surface area contributed by atoms with Gasteiger partial charge in [0.1, 0.15) is 10.8 Å². The standard InChI is InChI=1S/C23H20ClFN2O3S/c24-18-7-6-16(25)12-17(18)19-13-31-22(26-19)23(8-9-23)27-21(30)15(11-20(28)29)10-14-4-2-1-3-5-14/h1-7,12-13,15H,8-11H2,(H,27,30)(H,28,29)/t15-/m1/s1. The number of hydrogen-bond donors (Lipinski definition) is 2. The van der Waals surface area contributed by atoms with Crippen LogP contribution in [0.5, 0.6) is 0 Å². The molecule has 1 heterocycles. The fourth-order valence-corrected chi connectivity index (χ4v) is 4.78. The molecule has 160 valence electrons. The molecule has 1 fully saturated rings. The zero-order valence-electron chi connectivity index (χ0n) is 16.5. The van der Waals surface area contributed by atoms with Gasteiger partial charge in [-0.2, -0.15) is 0 Å². The molecule has 1 amide bonds. The molecule has 0 bridgehead atoms. The Kier molecular flexibility index (Phi) is 6.07. The number of carbonyl (C=O) groups is 2. The van der Waals surface area contributed by atoms with Gasteiger partial charge in [-0.25, -0.2) is 9.37 Å². The fraction of sp³-hybridized carbons (Fsp3) is 0.261. The molecule has 1 aliphatic carbocycles. The molecule has 31 heavy (non-hydrogen) atoms. The zero-order valence-corrected chi connectivity index (χ0v) is 18.0. The number of hydrogen-bond acceptors (Lipinski definition) is 4. The molecule has 0 unspecified atom stereocenters. The van der Waals surface area contributed by atoms with Crippen LogP contribution in [0.1, 0.15) is 29.8 Å². The molecule has 1 aromatic heterocycles. The first-order chi connectivity index (χ1) is 14.9. The normalized spacial score (nSPS) is 15.3. The van der Waals surface area contributed by atoms with Gasteiger partial charge in [0, 0.05) is 10.9 Å². The summed E-state index contributed by atoms with van der Waals surface area (Å²) in [6, 6.07) is 13.5. The number of amides is 1. The summed E-state index contributed by atoms with van der Waals surface area (Å²) in [4.78, 5) is 29.0. The zero-order chi connectivity index (χ0) is 22.0. The van der Waals surface area contributed by atoms with Gasteiger partial charge >= 0.3 is 5.97 Å². The van der Waals surface area contributed by atoms with Gasteiger partial charge in [0.15, 0.2) is 0 Å². The quantitative estimate of drug-likeness (QED) is 0.495. The van der Waals surface area contributed by atoms with Crippen molar-refractivity contribution in [1.82, 2.24) is 10.3 Å². The van der Waals surface area contributed by atoms with Crippen molar-refractivity contribution in [1.29, 1.82) is 0 Å². The van der Waals surface area contributed by atoms with Crippen LogP contribution in [0.4, 0.5) is 4.39 Å². The van der Waals surface area contributed by atoms with Crippen molar-refractivity contribution < 1.29 is 19.1 Å². The van der Waals surface area contributed by atoms with Crippen molar-refractivity contribution in [3.05, 3.63) is 75.3 Å². The molecule has 5 nitrogen and oxygen atoms in total. The monoisotopic (exact) mass is 458 g/mol. The van der Waals surface area contributed by atoms with Gasteiger partial charge in [0.25, 0.3) is 0 Å². The Morgan fingerprint density at radius 1 is 1.23 bits per heavy atom. The summed E-state index contributed by atoms with van der Waals surface area (Å²) in [5.41, 5.74) is 1.36. The minimum absolute atomic E-state index is 0.251. The molecule has 0 radical (unpaired) electrons. The highest BCUT2D eigenvalue weighted by molar-refractivity contribution is 7.10. The lowest BCUT2D eigenvalue weighted by Gasteiger charge is -2.20. The SMILES string of the molecule is O=C(O)C[C@@H](Cc1ccccc1)C(=O)NC1(c2nc(-c3cc(F)ccc3Cl)cs2)CC1. The number of aromatic nitrogens is 1. The van der Waals surface area contributed by atoms with Gasteiger partial charge in [-0.15, -0.1) is 11.3 Å². The van der Waals surface area contributed by atoms with Crippen LogP contribution >= 0.6 is 22.9 Å². The number of nitrogens with one attached hydrogen (secondary N) is 1. The maximum Gasteiger partial charge on any atom is 0.304 e. The molecule has 1 aliphatic rings. The summed E-state index contributed by atoms with van der Waals surface area (Å²) in [5.74, 6) is -2.40. The first-order valence-electron chi connectivity index (χ1n) is 9.85. The third-order valence-electron chi connectivity index (χ3n) is 5.35.